The van der Waals surface area contributed by atoms with Gasteiger partial charge in [-0.05, 0) is 49.0 Å². The van der Waals surface area contributed by atoms with Crippen molar-refractivity contribution in [3.05, 3.63) is 35.9 Å². The molecule has 0 aliphatic carbocycles. The quantitative estimate of drug-likeness (QED) is 0.534. The number of carbonyl (C=O) groups is 3. The summed E-state index contributed by atoms with van der Waals surface area (Å²) in [7, 11) is 0. The van der Waals surface area contributed by atoms with Crippen LogP contribution in [-0.2, 0) is 20.9 Å². The lowest BCUT2D eigenvalue weighted by atomic mass is 9.91. The molecule has 2 atom stereocenters. The zero-order chi connectivity index (χ0) is 25.4. The van der Waals surface area contributed by atoms with Gasteiger partial charge in [0.25, 0.3) is 0 Å². The van der Waals surface area contributed by atoms with Gasteiger partial charge in [-0.2, -0.15) is 0 Å². The van der Waals surface area contributed by atoms with Crippen molar-refractivity contribution >= 4 is 17.7 Å². The van der Waals surface area contributed by atoms with E-state index in [0.717, 1.165) is 31.4 Å². The number of nitrogens with zero attached hydrogens (tertiary/aromatic N) is 2. The molecule has 35 heavy (non-hydrogen) atoms. The van der Waals surface area contributed by atoms with Crippen molar-refractivity contribution in [3.8, 4) is 0 Å². The second kappa shape index (κ2) is 13.1. The predicted octanol–water partition coefficient (Wildman–Crippen LogP) is 3.19. The highest BCUT2D eigenvalue weighted by Crippen LogP contribution is 2.25. The summed E-state index contributed by atoms with van der Waals surface area (Å²) in [5, 5.41) is 6.36. The van der Waals surface area contributed by atoms with Crippen molar-refractivity contribution in [3.63, 3.8) is 0 Å². The number of hydrogen-bond donors (Lipinski definition) is 2. The minimum atomic E-state index is -0.398. The first kappa shape index (κ1) is 27.2. The molecule has 7 nitrogen and oxygen atoms in total. The van der Waals surface area contributed by atoms with E-state index >= 15 is 0 Å². The maximum atomic E-state index is 13.6. The highest BCUT2D eigenvalue weighted by molar-refractivity contribution is 5.90. The highest BCUT2D eigenvalue weighted by atomic mass is 16.2. The number of carbonyl (C=O) groups excluding carboxylic acids is 3. The van der Waals surface area contributed by atoms with Crippen LogP contribution in [0, 0.1) is 17.8 Å². The van der Waals surface area contributed by atoms with Crippen molar-refractivity contribution in [2.45, 2.75) is 78.4 Å². The van der Waals surface area contributed by atoms with Crippen molar-refractivity contribution in [2.24, 2.45) is 17.8 Å². The van der Waals surface area contributed by atoms with Crippen molar-refractivity contribution in [2.75, 3.05) is 26.2 Å². The Balaban J connectivity index is 1.53. The van der Waals surface area contributed by atoms with E-state index in [1.54, 1.807) is 0 Å². The first-order valence-electron chi connectivity index (χ1n) is 13.4. The summed E-state index contributed by atoms with van der Waals surface area (Å²) >= 11 is 0. The number of nitrogens with one attached hydrogen (secondary N) is 2. The fourth-order valence-electron chi connectivity index (χ4n) is 5.23. The van der Waals surface area contributed by atoms with Gasteiger partial charge in [-0.3, -0.25) is 14.4 Å². The Morgan fingerprint density at radius 2 is 1.71 bits per heavy atom. The van der Waals surface area contributed by atoms with Crippen LogP contribution in [0.2, 0.25) is 0 Å². The van der Waals surface area contributed by atoms with E-state index in [0.29, 0.717) is 50.9 Å². The SMILES string of the molecule is CC(C)C[C@@H]1NCCN([C@@H](CC(C)C)C(=O)N2CCC(CC(=O)NCc3ccccc3)CC2)C1=O. The zero-order valence-corrected chi connectivity index (χ0v) is 22.0. The van der Waals surface area contributed by atoms with Gasteiger partial charge in [-0.25, -0.2) is 0 Å². The Morgan fingerprint density at radius 3 is 2.34 bits per heavy atom. The molecule has 2 saturated heterocycles. The molecular formula is C28H44N4O3. The number of hydrogen-bond acceptors (Lipinski definition) is 4. The minimum absolute atomic E-state index is 0.0638. The Morgan fingerprint density at radius 1 is 1.03 bits per heavy atom. The second-order valence-electron chi connectivity index (χ2n) is 11.0. The molecule has 2 heterocycles. The van der Waals surface area contributed by atoms with E-state index in [-0.39, 0.29) is 29.7 Å². The third-order valence-electron chi connectivity index (χ3n) is 7.12. The van der Waals surface area contributed by atoms with Gasteiger partial charge in [0, 0.05) is 39.1 Å². The molecule has 7 heteroatoms. The first-order valence-corrected chi connectivity index (χ1v) is 13.4. The van der Waals surface area contributed by atoms with Crippen molar-refractivity contribution in [1.82, 2.24) is 20.4 Å². The lowest BCUT2D eigenvalue weighted by Gasteiger charge is -2.42. The van der Waals surface area contributed by atoms with Gasteiger partial charge in [-0.15, -0.1) is 0 Å². The number of benzene rings is 1. The maximum Gasteiger partial charge on any atom is 0.245 e. The van der Waals surface area contributed by atoms with Gasteiger partial charge >= 0.3 is 0 Å². The topological polar surface area (TPSA) is 81.8 Å². The van der Waals surface area contributed by atoms with Crippen LogP contribution >= 0.6 is 0 Å². The molecule has 3 amide bonds. The molecule has 2 aliphatic heterocycles. The summed E-state index contributed by atoms with van der Waals surface area (Å²) in [5.74, 6) is 1.23. The van der Waals surface area contributed by atoms with Crippen LogP contribution in [0.25, 0.3) is 0 Å². The third-order valence-corrected chi connectivity index (χ3v) is 7.12. The van der Waals surface area contributed by atoms with Crippen LogP contribution in [0.1, 0.15) is 65.4 Å². The van der Waals surface area contributed by atoms with Gasteiger partial charge in [-0.1, -0.05) is 58.0 Å². The summed E-state index contributed by atoms with van der Waals surface area (Å²) in [6.45, 7) is 11.6. The lowest BCUT2D eigenvalue weighted by molar-refractivity contribution is -0.150. The van der Waals surface area contributed by atoms with Crippen LogP contribution < -0.4 is 10.6 Å². The maximum absolute atomic E-state index is 13.6. The van der Waals surface area contributed by atoms with Crippen LogP contribution in [0.4, 0.5) is 0 Å². The molecular weight excluding hydrogens is 440 g/mol. The molecule has 0 aromatic heterocycles. The van der Waals surface area contributed by atoms with E-state index in [2.05, 4.69) is 38.3 Å². The Labute approximate surface area is 211 Å². The van der Waals surface area contributed by atoms with Crippen LogP contribution in [0.5, 0.6) is 0 Å². The lowest BCUT2D eigenvalue weighted by Crippen LogP contribution is -2.62. The molecule has 3 rings (SSSR count). The van der Waals surface area contributed by atoms with E-state index in [9.17, 15) is 14.4 Å². The van der Waals surface area contributed by atoms with E-state index < -0.39 is 6.04 Å². The predicted molar refractivity (Wildman–Crippen MR) is 138 cm³/mol. The molecule has 0 unspecified atom stereocenters. The second-order valence-corrected chi connectivity index (χ2v) is 11.0. The summed E-state index contributed by atoms with van der Waals surface area (Å²) in [6, 6.07) is 9.32. The van der Waals surface area contributed by atoms with Gasteiger partial charge in [0.15, 0.2) is 0 Å². The fraction of sp³-hybridized carbons (Fsp3) is 0.679. The summed E-state index contributed by atoms with van der Waals surface area (Å²) in [4.78, 5) is 43.1. The zero-order valence-electron chi connectivity index (χ0n) is 22.0. The van der Waals surface area contributed by atoms with Gasteiger partial charge in [0.1, 0.15) is 6.04 Å². The number of likely N-dealkylation sites (tertiary alicyclic amines) is 1. The summed E-state index contributed by atoms with van der Waals surface area (Å²) in [5.41, 5.74) is 1.09. The molecule has 1 aromatic rings. The Kier molecular flexibility index (Phi) is 10.1. The Bertz CT molecular complexity index is 834. The monoisotopic (exact) mass is 484 g/mol. The van der Waals surface area contributed by atoms with E-state index in [1.165, 1.54) is 0 Å². The molecule has 2 aliphatic rings. The number of amides is 3. The smallest absolute Gasteiger partial charge is 0.245 e. The average molecular weight is 485 g/mol. The van der Waals surface area contributed by atoms with E-state index in [4.69, 9.17) is 0 Å². The van der Waals surface area contributed by atoms with Crippen LogP contribution in [0.15, 0.2) is 30.3 Å². The number of piperidine rings is 1. The first-order chi connectivity index (χ1) is 16.7. The van der Waals surface area contributed by atoms with Crippen molar-refractivity contribution < 1.29 is 14.4 Å². The molecule has 2 N–H and O–H groups in total. The molecule has 0 spiro atoms. The molecule has 2 fully saturated rings. The fourth-order valence-corrected chi connectivity index (χ4v) is 5.23. The summed E-state index contributed by atoms with van der Waals surface area (Å²) in [6.07, 6.45) is 3.61. The molecule has 1 aromatic carbocycles. The van der Waals surface area contributed by atoms with Crippen LogP contribution in [-0.4, -0.2) is 65.8 Å². The van der Waals surface area contributed by atoms with Gasteiger partial charge < -0.3 is 20.4 Å². The minimum Gasteiger partial charge on any atom is -0.352 e. The standard InChI is InChI=1S/C28H44N4O3/c1-20(2)16-24-27(34)32(15-12-29-24)25(17-21(3)4)28(35)31-13-10-22(11-14-31)18-26(33)30-19-23-8-6-5-7-9-23/h5-9,20-22,24-25,29H,10-19H2,1-4H3,(H,30,33)/t24-,25-/m0/s1. The third kappa shape index (κ3) is 8.06. The number of piperazine rings is 1. The normalized spacial score (nSPS) is 20.4. The van der Waals surface area contributed by atoms with Crippen LogP contribution in [0.3, 0.4) is 0 Å². The largest absolute Gasteiger partial charge is 0.352 e. The van der Waals surface area contributed by atoms with Gasteiger partial charge in [0.05, 0.1) is 6.04 Å². The van der Waals surface area contributed by atoms with Gasteiger partial charge in [0.2, 0.25) is 17.7 Å². The average Bonchev–Trinajstić information content (AvgIpc) is 2.83. The van der Waals surface area contributed by atoms with E-state index in [1.807, 2.05) is 40.1 Å². The molecule has 0 radical (unpaired) electrons. The van der Waals surface area contributed by atoms with Crippen molar-refractivity contribution in [1.29, 1.82) is 0 Å². The summed E-state index contributed by atoms with van der Waals surface area (Å²) < 4.78 is 0. The number of rotatable bonds is 10. The molecule has 0 bridgehead atoms. The highest BCUT2D eigenvalue weighted by Gasteiger charge is 2.39. The molecule has 0 saturated carbocycles. The Hall–Kier alpha value is -2.41. The molecule has 194 valence electrons.